The van der Waals surface area contributed by atoms with Gasteiger partial charge in [0, 0.05) is 6.92 Å². The van der Waals surface area contributed by atoms with Crippen LogP contribution < -0.4 is 10.6 Å². The smallest absolute Gasteiger partial charge is 0.242 e. The van der Waals surface area contributed by atoms with Crippen molar-refractivity contribution < 1.29 is 19.1 Å². The van der Waals surface area contributed by atoms with Crippen molar-refractivity contribution in [3.63, 3.8) is 0 Å². The maximum Gasteiger partial charge on any atom is 0.242 e. The summed E-state index contributed by atoms with van der Waals surface area (Å²) < 4.78 is 5.08. The van der Waals surface area contributed by atoms with Crippen molar-refractivity contribution in [3.05, 3.63) is 24.2 Å². The van der Waals surface area contributed by atoms with E-state index in [2.05, 4.69) is 10.6 Å². The van der Waals surface area contributed by atoms with E-state index in [0.717, 1.165) is 25.7 Å². The SMILES string of the molecule is CC(=O)N[C@@H](C(=O)NC[C@H](O)c1ccco1)C1CCCC1. The maximum absolute atomic E-state index is 12.3. The van der Waals surface area contributed by atoms with Crippen LogP contribution in [0.25, 0.3) is 0 Å². The van der Waals surface area contributed by atoms with Gasteiger partial charge in [0.15, 0.2) is 0 Å². The van der Waals surface area contributed by atoms with Crippen molar-refractivity contribution in [3.8, 4) is 0 Å². The molecule has 1 aliphatic rings. The quantitative estimate of drug-likeness (QED) is 0.733. The van der Waals surface area contributed by atoms with Crippen LogP contribution in [-0.2, 0) is 9.59 Å². The van der Waals surface area contributed by atoms with Crippen molar-refractivity contribution in [2.24, 2.45) is 5.92 Å². The summed E-state index contributed by atoms with van der Waals surface area (Å²) in [5.41, 5.74) is 0. The van der Waals surface area contributed by atoms with Gasteiger partial charge in [-0.05, 0) is 30.9 Å². The van der Waals surface area contributed by atoms with Crippen LogP contribution in [0.15, 0.2) is 22.8 Å². The molecule has 2 rings (SSSR count). The molecule has 2 atom stereocenters. The van der Waals surface area contributed by atoms with Crippen molar-refractivity contribution >= 4 is 11.8 Å². The average Bonchev–Trinajstić information content (AvgIpc) is 3.13. The number of carbonyl (C=O) groups excluding carboxylic acids is 2. The molecule has 1 heterocycles. The van der Waals surface area contributed by atoms with Crippen molar-refractivity contribution in [1.29, 1.82) is 0 Å². The average molecular weight is 294 g/mol. The first kappa shape index (κ1) is 15.6. The fourth-order valence-electron chi connectivity index (χ4n) is 2.80. The molecule has 0 bridgehead atoms. The first-order chi connectivity index (χ1) is 10.1. The van der Waals surface area contributed by atoms with Crippen LogP contribution in [0.5, 0.6) is 0 Å². The fraction of sp³-hybridized carbons (Fsp3) is 0.600. The van der Waals surface area contributed by atoms with Crippen molar-refractivity contribution in [2.45, 2.75) is 44.8 Å². The van der Waals surface area contributed by atoms with Gasteiger partial charge in [-0.2, -0.15) is 0 Å². The second kappa shape index (κ2) is 7.26. The summed E-state index contributed by atoms with van der Waals surface area (Å²) in [6.07, 6.45) is 4.65. The van der Waals surface area contributed by atoms with E-state index in [0.29, 0.717) is 5.76 Å². The third kappa shape index (κ3) is 4.32. The number of hydrogen-bond donors (Lipinski definition) is 3. The molecule has 0 aliphatic heterocycles. The van der Waals surface area contributed by atoms with E-state index < -0.39 is 12.1 Å². The molecule has 21 heavy (non-hydrogen) atoms. The van der Waals surface area contributed by atoms with Crippen molar-refractivity contribution in [2.75, 3.05) is 6.54 Å². The van der Waals surface area contributed by atoms with Gasteiger partial charge >= 0.3 is 0 Å². The number of hydrogen-bond acceptors (Lipinski definition) is 4. The molecule has 0 radical (unpaired) electrons. The van der Waals surface area contributed by atoms with E-state index in [1.807, 2.05) is 0 Å². The molecule has 1 saturated carbocycles. The van der Waals surface area contributed by atoms with Crippen LogP contribution in [0.3, 0.4) is 0 Å². The van der Waals surface area contributed by atoms with E-state index in [1.165, 1.54) is 13.2 Å². The number of aliphatic hydroxyl groups is 1. The third-order valence-corrected chi connectivity index (χ3v) is 3.85. The largest absolute Gasteiger partial charge is 0.467 e. The molecular weight excluding hydrogens is 272 g/mol. The van der Waals surface area contributed by atoms with E-state index in [4.69, 9.17) is 4.42 Å². The molecule has 0 aromatic carbocycles. The highest BCUT2D eigenvalue weighted by Gasteiger charge is 2.31. The van der Waals surface area contributed by atoms with Crippen LogP contribution in [0.2, 0.25) is 0 Å². The Morgan fingerprint density at radius 3 is 2.71 bits per heavy atom. The van der Waals surface area contributed by atoms with E-state index >= 15 is 0 Å². The highest BCUT2D eigenvalue weighted by atomic mass is 16.4. The number of furan rings is 1. The number of carbonyl (C=O) groups is 2. The molecule has 0 spiro atoms. The van der Waals surface area contributed by atoms with Gasteiger partial charge in [-0.25, -0.2) is 0 Å². The summed E-state index contributed by atoms with van der Waals surface area (Å²) in [6, 6.07) is 2.81. The summed E-state index contributed by atoms with van der Waals surface area (Å²) in [7, 11) is 0. The lowest BCUT2D eigenvalue weighted by atomic mass is 9.97. The molecule has 6 nitrogen and oxygen atoms in total. The Kier molecular flexibility index (Phi) is 5.38. The van der Waals surface area contributed by atoms with Gasteiger partial charge in [-0.1, -0.05) is 12.8 Å². The normalized spacial score (nSPS) is 18.2. The lowest BCUT2D eigenvalue weighted by molar-refractivity contribution is -0.129. The Bertz CT molecular complexity index is 466. The Morgan fingerprint density at radius 2 is 2.14 bits per heavy atom. The first-order valence-corrected chi connectivity index (χ1v) is 7.34. The van der Waals surface area contributed by atoms with Crippen molar-refractivity contribution in [1.82, 2.24) is 10.6 Å². The third-order valence-electron chi connectivity index (χ3n) is 3.85. The number of rotatable bonds is 6. The fourth-order valence-corrected chi connectivity index (χ4v) is 2.80. The van der Waals surface area contributed by atoms with E-state index in [1.54, 1.807) is 12.1 Å². The molecule has 0 saturated heterocycles. The minimum absolute atomic E-state index is 0.0646. The van der Waals surface area contributed by atoms with Crippen LogP contribution in [-0.4, -0.2) is 29.5 Å². The Balaban J connectivity index is 1.90. The van der Waals surface area contributed by atoms with Gasteiger partial charge in [-0.3, -0.25) is 9.59 Å². The molecule has 116 valence electrons. The summed E-state index contributed by atoms with van der Waals surface area (Å²) in [5.74, 6) is 0.123. The monoisotopic (exact) mass is 294 g/mol. The van der Waals surface area contributed by atoms with Gasteiger partial charge in [0.25, 0.3) is 0 Å². The van der Waals surface area contributed by atoms with Gasteiger partial charge in [0.05, 0.1) is 12.8 Å². The Morgan fingerprint density at radius 1 is 1.43 bits per heavy atom. The van der Waals surface area contributed by atoms with Crippen LogP contribution in [0.1, 0.15) is 44.5 Å². The Labute approximate surface area is 123 Å². The van der Waals surface area contributed by atoms with Gasteiger partial charge in [0.2, 0.25) is 11.8 Å². The van der Waals surface area contributed by atoms with Gasteiger partial charge in [-0.15, -0.1) is 0 Å². The van der Waals surface area contributed by atoms with Crippen LogP contribution >= 0.6 is 0 Å². The predicted octanol–water partition coefficient (Wildman–Crippen LogP) is 1.12. The standard InChI is InChI=1S/C15H22N2O4/c1-10(18)17-14(11-5-2-3-6-11)15(20)16-9-12(19)13-7-4-8-21-13/h4,7-8,11-12,14,19H,2-3,5-6,9H2,1H3,(H,16,20)(H,17,18)/t12-,14+/m0/s1. The molecule has 1 aromatic heterocycles. The molecule has 1 aromatic rings. The van der Waals surface area contributed by atoms with Crippen LogP contribution in [0.4, 0.5) is 0 Å². The second-order valence-electron chi connectivity index (χ2n) is 5.50. The molecule has 6 heteroatoms. The molecule has 1 fully saturated rings. The highest BCUT2D eigenvalue weighted by Crippen LogP contribution is 2.28. The lowest BCUT2D eigenvalue weighted by Crippen LogP contribution is -2.50. The summed E-state index contributed by atoms with van der Waals surface area (Å²) in [4.78, 5) is 23.6. The molecule has 2 amide bonds. The number of aliphatic hydroxyl groups excluding tert-OH is 1. The predicted molar refractivity (Wildman–Crippen MR) is 76.2 cm³/mol. The number of amides is 2. The minimum Gasteiger partial charge on any atom is -0.467 e. The second-order valence-corrected chi connectivity index (χ2v) is 5.50. The van der Waals surface area contributed by atoms with E-state index in [-0.39, 0.29) is 24.3 Å². The summed E-state index contributed by atoms with van der Waals surface area (Å²) in [6.45, 7) is 1.47. The molecule has 1 aliphatic carbocycles. The lowest BCUT2D eigenvalue weighted by Gasteiger charge is -2.23. The Hall–Kier alpha value is -1.82. The number of nitrogens with one attached hydrogen (secondary N) is 2. The zero-order valence-corrected chi connectivity index (χ0v) is 12.2. The van der Waals surface area contributed by atoms with Crippen LogP contribution in [0, 0.1) is 5.92 Å². The highest BCUT2D eigenvalue weighted by molar-refractivity contribution is 5.87. The van der Waals surface area contributed by atoms with Gasteiger partial charge in [0.1, 0.15) is 17.9 Å². The minimum atomic E-state index is -0.884. The zero-order valence-electron chi connectivity index (χ0n) is 12.2. The summed E-state index contributed by atoms with van der Waals surface area (Å²) >= 11 is 0. The summed E-state index contributed by atoms with van der Waals surface area (Å²) in [5, 5.41) is 15.3. The zero-order chi connectivity index (χ0) is 15.2. The first-order valence-electron chi connectivity index (χ1n) is 7.34. The maximum atomic E-state index is 12.3. The molecule has 3 N–H and O–H groups in total. The molecule has 0 unspecified atom stereocenters. The topological polar surface area (TPSA) is 91.6 Å². The van der Waals surface area contributed by atoms with Gasteiger partial charge < -0.3 is 20.2 Å². The van der Waals surface area contributed by atoms with E-state index in [9.17, 15) is 14.7 Å². The molecular formula is C15H22N2O4.